The number of rotatable bonds is 5. The Balaban J connectivity index is 1.56. The first-order chi connectivity index (χ1) is 12.3. The van der Waals surface area contributed by atoms with E-state index in [0.717, 1.165) is 18.7 Å². The van der Waals surface area contributed by atoms with Crippen LogP contribution in [0.15, 0.2) is 53.4 Å². The predicted molar refractivity (Wildman–Crippen MR) is 105 cm³/mol. The van der Waals surface area contributed by atoms with Crippen LogP contribution < -0.4 is 4.72 Å². The molecule has 0 radical (unpaired) electrons. The van der Waals surface area contributed by atoms with Crippen LogP contribution in [0.3, 0.4) is 0 Å². The Morgan fingerprint density at radius 3 is 2.50 bits per heavy atom. The van der Waals surface area contributed by atoms with Gasteiger partial charge in [-0.2, -0.15) is 0 Å². The maximum Gasteiger partial charge on any atom is 0.261 e. The Hall–Kier alpha value is -1.85. The van der Waals surface area contributed by atoms with Crippen molar-refractivity contribution in [2.75, 3.05) is 24.9 Å². The number of anilines is 1. The number of hydrogen-bond donors (Lipinski definition) is 1. The first-order valence-electron chi connectivity index (χ1n) is 9.22. The Kier molecular flexibility index (Phi) is 4.12. The van der Waals surface area contributed by atoms with Gasteiger partial charge in [-0.3, -0.25) is 4.72 Å². The maximum absolute atomic E-state index is 12.7. The predicted octanol–water partition coefficient (Wildman–Crippen LogP) is 3.81. The van der Waals surface area contributed by atoms with Crippen molar-refractivity contribution in [3.63, 3.8) is 0 Å². The molecule has 2 aliphatic rings. The van der Waals surface area contributed by atoms with Gasteiger partial charge >= 0.3 is 0 Å². The van der Waals surface area contributed by atoms with Crippen molar-refractivity contribution in [3.05, 3.63) is 59.7 Å². The van der Waals surface area contributed by atoms with E-state index in [1.54, 1.807) is 12.1 Å². The molecule has 26 heavy (non-hydrogen) atoms. The topological polar surface area (TPSA) is 49.4 Å². The van der Waals surface area contributed by atoms with Gasteiger partial charge in [-0.15, -0.1) is 0 Å². The number of sulfonamides is 1. The zero-order chi connectivity index (χ0) is 18.5. The summed E-state index contributed by atoms with van der Waals surface area (Å²) in [5.74, 6) is 1.09. The van der Waals surface area contributed by atoms with Crippen molar-refractivity contribution < 1.29 is 8.42 Å². The lowest BCUT2D eigenvalue weighted by molar-refractivity contribution is 0.363. The molecule has 2 aromatic carbocycles. The Labute approximate surface area is 156 Å². The van der Waals surface area contributed by atoms with Gasteiger partial charge < -0.3 is 4.90 Å². The van der Waals surface area contributed by atoms with E-state index in [9.17, 15) is 8.42 Å². The van der Waals surface area contributed by atoms with Crippen LogP contribution in [0, 0.1) is 5.92 Å². The van der Waals surface area contributed by atoms with E-state index >= 15 is 0 Å². The van der Waals surface area contributed by atoms with Gasteiger partial charge in [0.2, 0.25) is 0 Å². The lowest BCUT2D eigenvalue weighted by Gasteiger charge is -2.18. The van der Waals surface area contributed by atoms with Crippen LogP contribution in [0.5, 0.6) is 0 Å². The van der Waals surface area contributed by atoms with Gasteiger partial charge in [0.05, 0.1) is 4.90 Å². The second-order valence-electron chi connectivity index (χ2n) is 8.16. The minimum absolute atomic E-state index is 0.231. The zero-order valence-corrected chi connectivity index (χ0v) is 16.4. The lowest BCUT2D eigenvalue weighted by atomic mass is 9.95. The Morgan fingerprint density at radius 2 is 1.88 bits per heavy atom. The summed E-state index contributed by atoms with van der Waals surface area (Å²) >= 11 is 0. The summed E-state index contributed by atoms with van der Waals surface area (Å²) in [4.78, 5) is 2.66. The first-order valence-corrected chi connectivity index (χ1v) is 10.7. The molecule has 0 aromatic heterocycles. The molecule has 5 heteroatoms. The minimum Gasteiger partial charge on any atom is -0.305 e. The third-order valence-electron chi connectivity index (χ3n) is 5.86. The standard InChI is InChI=1S/C21H26N2O2S/c1-15(2)16-7-9-20(10-8-16)26(24,25)22-19-6-4-5-17(11-19)21-12-18(21)13-23(3)14-21/h4-11,15,18,22H,12-14H2,1-3H3/t18-,21?/m1/s1. The van der Waals surface area contributed by atoms with Crippen molar-refractivity contribution in [1.29, 1.82) is 0 Å². The summed E-state index contributed by atoms with van der Waals surface area (Å²) < 4.78 is 28.2. The molecule has 4 rings (SSSR count). The van der Waals surface area contributed by atoms with Crippen molar-refractivity contribution in [3.8, 4) is 0 Å². The molecule has 1 aliphatic heterocycles. The fraction of sp³-hybridized carbons (Fsp3) is 0.429. The van der Waals surface area contributed by atoms with E-state index in [2.05, 4.69) is 36.6 Å². The van der Waals surface area contributed by atoms with E-state index in [1.807, 2.05) is 30.3 Å². The fourth-order valence-corrected chi connectivity index (χ4v) is 5.37. The molecule has 2 atom stereocenters. The monoisotopic (exact) mass is 370 g/mol. The smallest absolute Gasteiger partial charge is 0.261 e. The zero-order valence-electron chi connectivity index (χ0n) is 15.6. The molecule has 0 amide bonds. The molecular weight excluding hydrogens is 344 g/mol. The highest BCUT2D eigenvalue weighted by atomic mass is 32.2. The molecule has 0 bridgehead atoms. The van der Waals surface area contributed by atoms with Crippen LogP contribution >= 0.6 is 0 Å². The summed E-state index contributed by atoms with van der Waals surface area (Å²) in [6, 6.07) is 15.1. The second-order valence-corrected chi connectivity index (χ2v) is 9.85. The van der Waals surface area contributed by atoms with Crippen molar-refractivity contribution in [2.24, 2.45) is 5.92 Å². The molecule has 1 heterocycles. The van der Waals surface area contributed by atoms with Gasteiger partial charge in [-0.25, -0.2) is 8.42 Å². The summed E-state index contributed by atoms with van der Waals surface area (Å²) in [5, 5.41) is 0. The van der Waals surface area contributed by atoms with Crippen molar-refractivity contribution in [2.45, 2.75) is 36.5 Å². The summed E-state index contributed by atoms with van der Waals surface area (Å²) in [6.07, 6.45) is 1.21. The highest BCUT2D eigenvalue weighted by Gasteiger charge is 2.59. The number of hydrogen-bond acceptors (Lipinski definition) is 3. The average Bonchev–Trinajstić information content (AvgIpc) is 3.17. The van der Waals surface area contributed by atoms with E-state index in [0.29, 0.717) is 22.4 Å². The highest BCUT2D eigenvalue weighted by molar-refractivity contribution is 7.92. The van der Waals surface area contributed by atoms with Gasteiger partial charge in [0.15, 0.2) is 0 Å². The van der Waals surface area contributed by atoms with Crippen LogP contribution in [-0.2, 0) is 15.4 Å². The quantitative estimate of drug-likeness (QED) is 0.871. The van der Waals surface area contributed by atoms with Gasteiger partial charge in [-0.05, 0) is 60.7 Å². The normalized spacial score (nSPS) is 25.3. The van der Waals surface area contributed by atoms with E-state index < -0.39 is 10.0 Å². The van der Waals surface area contributed by atoms with E-state index in [4.69, 9.17) is 0 Å². The van der Waals surface area contributed by atoms with E-state index in [-0.39, 0.29) is 5.41 Å². The average molecular weight is 371 g/mol. The van der Waals surface area contributed by atoms with Crippen LogP contribution in [0.1, 0.15) is 37.3 Å². The number of likely N-dealkylation sites (N-methyl/N-ethyl adjacent to an activating group) is 1. The molecule has 0 spiro atoms. The third kappa shape index (κ3) is 3.03. The largest absolute Gasteiger partial charge is 0.305 e. The minimum atomic E-state index is -3.57. The molecule has 1 aliphatic carbocycles. The van der Waals surface area contributed by atoms with E-state index in [1.165, 1.54) is 12.0 Å². The summed E-state index contributed by atoms with van der Waals surface area (Å²) in [6.45, 7) is 6.39. The number of fused-ring (bicyclic) bond motifs is 1. The second kappa shape index (κ2) is 6.10. The number of benzene rings is 2. The molecule has 1 unspecified atom stereocenters. The molecule has 1 saturated carbocycles. The molecule has 1 N–H and O–H groups in total. The van der Waals surface area contributed by atoms with Crippen molar-refractivity contribution in [1.82, 2.24) is 4.90 Å². The SMILES string of the molecule is CC(C)c1ccc(S(=O)(=O)Nc2cccc(C34C[C@@H]3CN(C)C4)c2)cc1. The summed E-state index contributed by atoms with van der Waals surface area (Å²) in [5.41, 5.74) is 3.26. The molecule has 4 nitrogen and oxygen atoms in total. The number of nitrogens with one attached hydrogen (secondary N) is 1. The number of piperidine rings is 1. The van der Waals surface area contributed by atoms with Gasteiger partial charge in [0, 0.05) is 24.2 Å². The molecule has 2 fully saturated rings. The fourth-order valence-electron chi connectivity index (χ4n) is 4.32. The van der Waals surface area contributed by atoms with Gasteiger partial charge in [0.25, 0.3) is 10.0 Å². The van der Waals surface area contributed by atoms with Gasteiger partial charge in [0.1, 0.15) is 0 Å². The molecular formula is C21H26N2O2S. The van der Waals surface area contributed by atoms with Crippen molar-refractivity contribution >= 4 is 15.7 Å². The number of likely N-dealkylation sites (tertiary alicyclic amines) is 1. The first kappa shape index (κ1) is 17.6. The maximum atomic E-state index is 12.7. The van der Waals surface area contributed by atoms with Crippen LogP contribution in [0.4, 0.5) is 5.69 Å². The molecule has 1 saturated heterocycles. The Morgan fingerprint density at radius 1 is 1.15 bits per heavy atom. The molecule has 2 aromatic rings. The van der Waals surface area contributed by atoms with Crippen LogP contribution in [-0.4, -0.2) is 33.5 Å². The summed E-state index contributed by atoms with van der Waals surface area (Å²) in [7, 11) is -1.42. The van der Waals surface area contributed by atoms with Gasteiger partial charge in [-0.1, -0.05) is 38.1 Å². The lowest BCUT2D eigenvalue weighted by Crippen LogP contribution is -2.22. The van der Waals surface area contributed by atoms with Crippen LogP contribution in [0.25, 0.3) is 0 Å². The Bertz CT molecular complexity index is 921. The van der Waals surface area contributed by atoms with Crippen LogP contribution in [0.2, 0.25) is 0 Å². The highest BCUT2D eigenvalue weighted by Crippen LogP contribution is 2.58. The third-order valence-corrected chi connectivity index (χ3v) is 7.26. The molecule has 138 valence electrons. The number of nitrogens with zero attached hydrogens (tertiary/aromatic N) is 1.